The summed E-state index contributed by atoms with van der Waals surface area (Å²) in [5.74, 6) is 1.26. The Morgan fingerprint density at radius 2 is 1.86 bits per heavy atom. The number of nitrogens with one attached hydrogen (secondary N) is 1. The highest BCUT2D eigenvalue weighted by Crippen LogP contribution is 2.30. The van der Waals surface area contributed by atoms with Crippen molar-refractivity contribution in [2.75, 3.05) is 32.8 Å². The molecule has 2 saturated heterocycles. The zero-order valence-electron chi connectivity index (χ0n) is 18.5. The van der Waals surface area contributed by atoms with Crippen molar-refractivity contribution in [3.05, 3.63) is 29.8 Å². The van der Waals surface area contributed by atoms with Gasteiger partial charge in [-0.1, -0.05) is 13.8 Å². The van der Waals surface area contributed by atoms with E-state index in [9.17, 15) is 4.79 Å². The van der Waals surface area contributed by atoms with Crippen molar-refractivity contribution in [3.8, 4) is 5.75 Å². The topological polar surface area (TPSA) is 49.2 Å². The molecule has 2 atom stereocenters. The number of quaternary nitrogens is 1. The molecule has 162 valence electrons. The molecule has 0 radical (unpaired) electrons. The molecule has 0 spiro atoms. The number of carbonyl (C=O) groups excluding carboxylic acids is 1. The third-order valence-electron chi connectivity index (χ3n) is 5.95. The summed E-state index contributed by atoms with van der Waals surface area (Å²) in [7, 11) is 0. The molecular weight excluding hydrogens is 366 g/mol. The Labute approximate surface area is 175 Å². The number of piperidine rings is 1. The summed E-state index contributed by atoms with van der Waals surface area (Å²) in [5, 5.41) is 0. The van der Waals surface area contributed by atoms with Gasteiger partial charge >= 0.3 is 5.97 Å². The van der Waals surface area contributed by atoms with Crippen molar-refractivity contribution in [2.45, 2.75) is 65.1 Å². The smallest absolute Gasteiger partial charge is 0.338 e. The summed E-state index contributed by atoms with van der Waals surface area (Å²) in [6, 6.07) is 7.30. The lowest BCUT2D eigenvalue weighted by molar-refractivity contribution is -0.909. The first kappa shape index (κ1) is 22.1. The van der Waals surface area contributed by atoms with E-state index in [2.05, 4.69) is 27.7 Å². The van der Waals surface area contributed by atoms with Crippen molar-refractivity contribution in [3.63, 3.8) is 0 Å². The Balaban J connectivity index is 1.61. The molecular formula is C24H38NO4+. The molecule has 29 heavy (non-hydrogen) atoms. The van der Waals surface area contributed by atoms with E-state index < -0.39 is 0 Å². The van der Waals surface area contributed by atoms with Crippen LogP contribution < -0.4 is 9.64 Å². The van der Waals surface area contributed by atoms with Crippen molar-refractivity contribution in [2.24, 2.45) is 11.8 Å². The van der Waals surface area contributed by atoms with Gasteiger partial charge in [0.05, 0.1) is 49.9 Å². The fourth-order valence-electron chi connectivity index (χ4n) is 4.26. The minimum absolute atomic E-state index is 0.0995. The van der Waals surface area contributed by atoms with Crippen LogP contribution in [0.2, 0.25) is 0 Å². The van der Waals surface area contributed by atoms with Crippen LogP contribution >= 0.6 is 0 Å². The second-order valence-corrected chi connectivity index (χ2v) is 9.72. The van der Waals surface area contributed by atoms with Crippen LogP contribution in [0.3, 0.4) is 0 Å². The maximum atomic E-state index is 12.8. The number of hydrogen-bond acceptors (Lipinski definition) is 4. The van der Waals surface area contributed by atoms with Gasteiger partial charge < -0.3 is 19.1 Å². The molecule has 2 heterocycles. The quantitative estimate of drug-likeness (QED) is 0.710. The van der Waals surface area contributed by atoms with Crippen LogP contribution in [0.1, 0.15) is 63.7 Å². The van der Waals surface area contributed by atoms with Crippen LogP contribution in [0.5, 0.6) is 5.75 Å². The SMILES string of the molecule is CC(C)COc1ccc(C(=O)O[C@H]2CC(C)(C)OC[C@@H]2C[NH+]2CCCCC2)cc1. The zero-order valence-corrected chi connectivity index (χ0v) is 18.5. The second kappa shape index (κ2) is 9.94. The Morgan fingerprint density at radius 3 is 2.52 bits per heavy atom. The number of benzene rings is 1. The van der Waals surface area contributed by atoms with E-state index in [1.54, 1.807) is 17.0 Å². The van der Waals surface area contributed by atoms with E-state index >= 15 is 0 Å². The lowest BCUT2D eigenvalue weighted by Crippen LogP contribution is -3.13. The molecule has 2 fully saturated rings. The van der Waals surface area contributed by atoms with Crippen molar-refractivity contribution in [1.29, 1.82) is 0 Å². The largest absolute Gasteiger partial charge is 0.493 e. The van der Waals surface area contributed by atoms with Crippen LogP contribution in [0, 0.1) is 11.8 Å². The van der Waals surface area contributed by atoms with Gasteiger partial charge in [-0.25, -0.2) is 4.79 Å². The summed E-state index contributed by atoms with van der Waals surface area (Å²) in [6.07, 6.45) is 4.57. The molecule has 5 heteroatoms. The molecule has 5 nitrogen and oxygen atoms in total. The highest BCUT2D eigenvalue weighted by atomic mass is 16.6. The average Bonchev–Trinajstić information content (AvgIpc) is 2.69. The van der Waals surface area contributed by atoms with E-state index in [-0.39, 0.29) is 23.6 Å². The standard InChI is InChI=1S/C24H37NO4/c1-18(2)16-27-21-10-8-19(9-11-21)23(26)29-22-14-24(3,4)28-17-20(22)15-25-12-6-5-7-13-25/h8-11,18,20,22H,5-7,12-17H2,1-4H3/p+1/t20-,22-/m0/s1. The van der Waals surface area contributed by atoms with Gasteiger partial charge in [-0.3, -0.25) is 0 Å². The number of esters is 1. The van der Waals surface area contributed by atoms with Crippen molar-refractivity contribution < 1.29 is 23.9 Å². The van der Waals surface area contributed by atoms with E-state index in [0.717, 1.165) is 18.7 Å². The summed E-state index contributed by atoms with van der Waals surface area (Å²) < 4.78 is 17.8. The molecule has 2 aliphatic heterocycles. The van der Waals surface area contributed by atoms with Gasteiger partial charge in [0, 0.05) is 6.42 Å². The summed E-state index contributed by atoms with van der Waals surface area (Å²) in [5.41, 5.74) is 0.322. The Morgan fingerprint density at radius 1 is 1.17 bits per heavy atom. The molecule has 0 aliphatic carbocycles. The van der Waals surface area contributed by atoms with Gasteiger partial charge in [0.2, 0.25) is 0 Å². The molecule has 0 aromatic heterocycles. The highest BCUT2D eigenvalue weighted by Gasteiger charge is 2.40. The third kappa shape index (κ3) is 6.71. The monoisotopic (exact) mass is 404 g/mol. The van der Waals surface area contributed by atoms with Gasteiger partial charge in [0.15, 0.2) is 0 Å². The van der Waals surface area contributed by atoms with Gasteiger partial charge in [-0.2, -0.15) is 0 Å². The van der Waals surface area contributed by atoms with Crippen LogP contribution in [0.25, 0.3) is 0 Å². The first-order chi connectivity index (χ1) is 13.8. The fourth-order valence-corrected chi connectivity index (χ4v) is 4.26. The summed E-state index contributed by atoms with van der Waals surface area (Å²) >= 11 is 0. The first-order valence-corrected chi connectivity index (χ1v) is 11.2. The predicted molar refractivity (Wildman–Crippen MR) is 114 cm³/mol. The molecule has 3 rings (SSSR count). The van der Waals surface area contributed by atoms with Crippen molar-refractivity contribution in [1.82, 2.24) is 0 Å². The molecule has 0 bridgehead atoms. The Hall–Kier alpha value is -1.59. The molecule has 0 saturated carbocycles. The van der Waals surface area contributed by atoms with Gasteiger partial charge in [-0.05, 0) is 63.3 Å². The van der Waals surface area contributed by atoms with Gasteiger partial charge in [0.1, 0.15) is 11.9 Å². The zero-order chi connectivity index (χ0) is 20.9. The average molecular weight is 405 g/mol. The summed E-state index contributed by atoms with van der Waals surface area (Å²) in [4.78, 5) is 14.5. The molecule has 1 aromatic rings. The minimum Gasteiger partial charge on any atom is -0.493 e. The Bertz CT molecular complexity index is 649. The van der Waals surface area contributed by atoms with Crippen LogP contribution in [0.4, 0.5) is 0 Å². The van der Waals surface area contributed by atoms with Gasteiger partial charge in [-0.15, -0.1) is 0 Å². The molecule has 0 amide bonds. The van der Waals surface area contributed by atoms with Crippen LogP contribution in [0.15, 0.2) is 24.3 Å². The minimum atomic E-state index is -0.257. The Kier molecular flexibility index (Phi) is 7.58. The normalized spacial score (nSPS) is 25.0. The number of hydrogen-bond donors (Lipinski definition) is 1. The third-order valence-corrected chi connectivity index (χ3v) is 5.95. The van der Waals surface area contributed by atoms with Crippen LogP contribution in [-0.4, -0.2) is 50.5 Å². The molecule has 0 unspecified atom stereocenters. The van der Waals surface area contributed by atoms with E-state index in [1.165, 1.54) is 32.4 Å². The number of ether oxygens (including phenoxy) is 3. The number of carbonyl (C=O) groups is 1. The fraction of sp³-hybridized carbons (Fsp3) is 0.708. The number of likely N-dealkylation sites (tertiary alicyclic amines) is 1. The van der Waals surface area contributed by atoms with E-state index in [0.29, 0.717) is 24.7 Å². The maximum absolute atomic E-state index is 12.8. The molecule has 2 aliphatic rings. The van der Waals surface area contributed by atoms with E-state index in [1.807, 2.05) is 12.1 Å². The maximum Gasteiger partial charge on any atom is 0.338 e. The number of rotatable bonds is 7. The molecule has 1 N–H and O–H groups in total. The first-order valence-electron chi connectivity index (χ1n) is 11.2. The second-order valence-electron chi connectivity index (χ2n) is 9.72. The highest BCUT2D eigenvalue weighted by molar-refractivity contribution is 5.89. The summed E-state index contributed by atoms with van der Waals surface area (Å²) in [6.45, 7) is 13.2. The lowest BCUT2D eigenvalue weighted by atomic mass is 9.87. The predicted octanol–water partition coefficient (Wildman–Crippen LogP) is 3.13. The van der Waals surface area contributed by atoms with E-state index in [4.69, 9.17) is 14.2 Å². The molecule has 1 aromatic carbocycles. The van der Waals surface area contributed by atoms with Crippen LogP contribution in [-0.2, 0) is 9.47 Å². The van der Waals surface area contributed by atoms with Gasteiger partial charge in [0.25, 0.3) is 0 Å². The lowest BCUT2D eigenvalue weighted by Gasteiger charge is -2.41. The van der Waals surface area contributed by atoms with Crippen molar-refractivity contribution >= 4 is 5.97 Å².